The average Bonchev–Trinajstić information content (AvgIpc) is 3.05. The summed E-state index contributed by atoms with van der Waals surface area (Å²) in [5.74, 6) is -0.206. The minimum absolute atomic E-state index is 0.0564. The minimum Gasteiger partial charge on any atom is -0.349 e. The highest BCUT2D eigenvalue weighted by Gasteiger charge is 2.28. The molecule has 1 aliphatic rings. The molecule has 9 nitrogen and oxygen atoms in total. The van der Waals surface area contributed by atoms with E-state index in [1.54, 1.807) is 4.52 Å². The summed E-state index contributed by atoms with van der Waals surface area (Å²) in [6.45, 7) is 1.14. The molecule has 1 saturated heterocycles. The molecule has 0 unspecified atom stereocenters. The SMILES string of the molecule is CS(=O)(=O)N1CCC(C(=O)NCc2nn3cnnc3s2)CC1. The second-order valence-corrected chi connectivity index (χ2v) is 8.23. The second kappa shape index (κ2) is 5.89. The summed E-state index contributed by atoms with van der Waals surface area (Å²) >= 11 is 1.37. The number of hydrogen-bond donors (Lipinski definition) is 1. The quantitative estimate of drug-likeness (QED) is 0.799. The fraction of sp³-hybridized carbons (Fsp3) is 0.636. The number of carbonyl (C=O) groups excluding carboxylic acids is 1. The Bertz CT molecular complexity index is 746. The monoisotopic (exact) mass is 344 g/mol. The van der Waals surface area contributed by atoms with Crippen LogP contribution in [0.15, 0.2) is 6.33 Å². The third kappa shape index (κ3) is 3.25. The first-order chi connectivity index (χ1) is 10.4. The third-order valence-corrected chi connectivity index (χ3v) is 5.85. The normalized spacial score (nSPS) is 17.9. The van der Waals surface area contributed by atoms with Crippen LogP contribution in [-0.4, -0.2) is 57.8 Å². The maximum atomic E-state index is 12.1. The lowest BCUT2D eigenvalue weighted by atomic mass is 9.97. The maximum Gasteiger partial charge on any atom is 0.234 e. The summed E-state index contributed by atoms with van der Waals surface area (Å²) in [7, 11) is -3.16. The Balaban J connectivity index is 1.51. The third-order valence-electron chi connectivity index (χ3n) is 3.64. The number of nitrogens with one attached hydrogen (secondary N) is 1. The van der Waals surface area contributed by atoms with Crippen LogP contribution in [0.5, 0.6) is 0 Å². The Morgan fingerprint density at radius 1 is 1.45 bits per heavy atom. The van der Waals surface area contributed by atoms with E-state index < -0.39 is 10.0 Å². The van der Waals surface area contributed by atoms with Gasteiger partial charge in [-0.25, -0.2) is 12.7 Å². The van der Waals surface area contributed by atoms with Crippen molar-refractivity contribution in [3.05, 3.63) is 11.3 Å². The van der Waals surface area contributed by atoms with Crippen LogP contribution >= 0.6 is 11.3 Å². The Kier molecular flexibility index (Phi) is 4.10. The van der Waals surface area contributed by atoms with E-state index >= 15 is 0 Å². The minimum atomic E-state index is -3.16. The molecule has 1 fully saturated rings. The highest BCUT2D eigenvalue weighted by Crippen LogP contribution is 2.19. The number of carbonyl (C=O) groups is 1. The van der Waals surface area contributed by atoms with E-state index in [0.29, 0.717) is 37.4 Å². The summed E-state index contributed by atoms with van der Waals surface area (Å²) in [5, 5.41) is 15.5. The molecule has 1 N–H and O–H groups in total. The van der Waals surface area contributed by atoms with Crippen molar-refractivity contribution < 1.29 is 13.2 Å². The van der Waals surface area contributed by atoms with Gasteiger partial charge in [0.1, 0.15) is 11.3 Å². The second-order valence-electron chi connectivity index (χ2n) is 5.21. The molecule has 3 heterocycles. The molecule has 0 radical (unpaired) electrons. The number of rotatable bonds is 4. The van der Waals surface area contributed by atoms with Gasteiger partial charge >= 0.3 is 0 Å². The van der Waals surface area contributed by atoms with Gasteiger partial charge in [-0.15, -0.1) is 10.2 Å². The van der Waals surface area contributed by atoms with Crippen molar-refractivity contribution in [2.45, 2.75) is 19.4 Å². The fourth-order valence-electron chi connectivity index (χ4n) is 2.43. The molecule has 1 aliphatic heterocycles. The van der Waals surface area contributed by atoms with Gasteiger partial charge in [-0.3, -0.25) is 4.79 Å². The first kappa shape index (κ1) is 15.3. The van der Waals surface area contributed by atoms with Crippen LogP contribution in [0.1, 0.15) is 17.8 Å². The number of nitrogens with zero attached hydrogens (tertiary/aromatic N) is 5. The van der Waals surface area contributed by atoms with Gasteiger partial charge in [0.05, 0.1) is 12.8 Å². The van der Waals surface area contributed by atoms with Crippen molar-refractivity contribution >= 4 is 32.2 Å². The van der Waals surface area contributed by atoms with E-state index in [1.165, 1.54) is 28.2 Å². The van der Waals surface area contributed by atoms with Gasteiger partial charge in [-0.05, 0) is 12.8 Å². The Morgan fingerprint density at radius 3 is 2.82 bits per heavy atom. The van der Waals surface area contributed by atoms with Crippen LogP contribution in [0.25, 0.3) is 4.96 Å². The van der Waals surface area contributed by atoms with Gasteiger partial charge in [0, 0.05) is 19.0 Å². The lowest BCUT2D eigenvalue weighted by molar-refractivity contribution is -0.126. The zero-order chi connectivity index (χ0) is 15.7. The zero-order valence-corrected chi connectivity index (χ0v) is 13.6. The first-order valence-corrected chi connectivity index (χ1v) is 9.48. The van der Waals surface area contributed by atoms with E-state index in [9.17, 15) is 13.2 Å². The van der Waals surface area contributed by atoms with Crippen molar-refractivity contribution in [2.24, 2.45) is 5.92 Å². The number of hydrogen-bond acceptors (Lipinski definition) is 7. The van der Waals surface area contributed by atoms with Crippen LogP contribution < -0.4 is 5.32 Å². The largest absolute Gasteiger partial charge is 0.349 e. The van der Waals surface area contributed by atoms with Gasteiger partial charge in [0.15, 0.2) is 0 Å². The van der Waals surface area contributed by atoms with Crippen molar-refractivity contribution in [3.63, 3.8) is 0 Å². The number of sulfonamides is 1. The van der Waals surface area contributed by atoms with Crippen LogP contribution in [0.4, 0.5) is 0 Å². The smallest absolute Gasteiger partial charge is 0.234 e. The molecule has 0 aliphatic carbocycles. The Morgan fingerprint density at radius 2 is 2.18 bits per heavy atom. The highest BCUT2D eigenvalue weighted by atomic mass is 32.2. The lowest BCUT2D eigenvalue weighted by Crippen LogP contribution is -2.42. The number of amides is 1. The molecule has 0 saturated carbocycles. The van der Waals surface area contributed by atoms with Gasteiger partial charge in [0.25, 0.3) is 0 Å². The fourth-order valence-corrected chi connectivity index (χ4v) is 4.06. The molecular weight excluding hydrogens is 328 g/mol. The number of piperidine rings is 1. The molecule has 1 amide bonds. The molecule has 0 bridgehead atoms. The summed E-state index contributed by atoms with van der Waals surface area (Å²) in [5.41, 5.74) is 0. The highest BCUT2D eigenvalue weighted by molar-refractivity contribution is 7.88. The van der Waals surface area contributed by atoms with Gasteiger partial charge < -0.3 is 5.32 Å². The van der Waals surface area contributed by atoms with Gasteiger partial charge in [-0.2, -0.15) is 9.61 Å². The van der Waals surface area contributed by atoms with Crippen LogP contribution in [-0.2, 0) is 21.4 Å². The number of fused-ring (bicyclic) bond motifs is 1. The van der Waals surface area contributed by atoms with Crippen molar-refractivity contribution in [1.82, 2.24) is 29.4 Å². The lowest BCUT2D eigenvalue weighted by Gasteiger charge is -2.29. The molecule has 11 heteroatoms. The molecule has 120 valence electrons. The predicted molar refractivity (Wildman–Crippen MR) is 79.6 cm³/mol. The van der Waals surface area contributed by atoms with Crippen LogP contribution in [0.3, 0.4) is 0 Å². The summed E-state index contributed by atoms with van der Waals surface area (Å²) in [4.78, 5) is 12.8. The topological polar surface area (TPSA) is 110 Å². The average molecular weight is 344 g/mol. The Labute approximate surface area is 131 Å². The zero-order valence-electron chi connectivity index (χ0n) is 12.0. The van der Waals surface area contributed by atoms with Crippen molar-refractivity contribution in [3.8, 4) is 0 Å². The van der Waals surface area contributed by atoms with Crippen molar-refractivity contribution in [1.29, 1.82) is 0 Å². The summed E-state index contributed by atoms with van der Waals surface area (Å²) in [6, 6.07) is 0. The van der Waals surface area contributed by atoms with E-state index in [-0.39, 0.29) is 11.8 Å². The van der Waals surface area contributed by atoms with Crippen LogP contribution in [0.2, 0.25) is 0 Å². The molecule has 0 aromatic carbocycles. The number of aromatic nitrogens is 4. The van der Waals surface area contributed by atoms with E-state index in [4.69, 9.17) is 0 Å². The molecule has 22 heavy (non-hydrogen) atoms. The molecular formula is C11H16N6O3S2. The molecule has 3 rings (SSSR count). The van der Waals surface area contributed by atoms with E-state index in [1.807, 2.05) is 0 Å². The summed E-state index contributed by atoms with van der Waals surface area (Å²) < 4.78 is 25.9. The standard InChI is InChI=1S/C11H16N6O3S2/c1-22(19,20)16-4-2-8(3-5-16)10(18)12-6-9-15-17-7-13-14-11(17)21-9/h7-8H,2-6H2,1H3,(H,12,18). The molecule has 2 aromatic heterocycles. The van der Waals surface area contributed by atoms with E-state index in [0.717, 1.165) is 5.01 Å². The molecule has 0 atom stereocenters. The molecule has 2 aromatic rings. The maximum absolute atomic E-state index is 12.1. The van der Waals surface area contributed by atoms with Gasteiger partial charge in [0.2, 0.25) is 20.9 Å². The van der Waals surface area contributed by atoms with Crippen LogP contribution in [0, 0.1) is 5.92 Å². The first-order valence-electron chi connectivity index (χ1n) is 6.82. The van der Waals surface area contributed by atoms with Crippen molar-refractivity contribution in [2.75, 3.05) is 19.3 Å². The van der Waals surface area contributed by atoms with Gasteiger partial charge in [-0.1, -0.05) is 11.3 Å². The predicted octanol–water partition coefficient (Wildman–Crippen LogP) is -0.526. The summed E-state index contributed by atoms with van der Waals surface area (Å²) in [6.07, 6.45) is 3.80. The van der Waals surface area contributed by atoms with E-state index in [2.05, 4.69) is 20.6 Å². The molecule has 0 spiro atoms. The Hall–Kier alpha value is -1.59.